The highest BCUT2D eigenvalue weighted by atomic mass is 16.5. The maximum atomic E-state index is 13.1. The minimum Gasteiger partial charge on any atom is -0.378 e. The van der Waals surface area contributed by atoms with Gasteiger partial charge in [0.05, 0.1) is 25.0 Å². The van der Waals surface area contributed by atoms with Crippen molar-refractivity contribution in [1.29, 1.82) is 0 Å². The molecule has 0 radical (unpaired) electrons. The number of aromatic nitrogens is 5. The van der Waals surface area contributed by atoms with Crippen molar-refractivity contribution in [3.63, 3.8) is 0 Å². The minimum absolute atomic E-state index is 0.153. The van der Waals surface area contributed by atoms with Gasteiger partial charge in [-0.05, 0) is 30.5 Å². The monoisotopic (exact) mass is 423 g/mol. The van der Waals surface area contributed by atoms with Crippen LogP contribution in [0.3, 0.4) is 0 Å². The summed E-state index contributed by atoms with van der Waals surface area (Å²) in [6.45, 7) is 2.04. The lowest BCUT2D eigenvalue weighted by molar-refractivity contribution is 0.0301. The van der Waals surface area contributed by atoms with E-state index in [0.717, 1.165) is 5.56 Å². The third kappa shape index (κ3) is 3.78. The average Bonchev–Trinajstić information content (AvgIpc) is 3.43. The van der Waals surface area contributed by atoms with Crippen LogP contribution in [0.15, 0.2) is 24.5 Å². The molecule has 0 bridgehead atoms. The molecule has 0 aromatic carbocycles. The van der Waals surface area contributed by atoms with E-state index in [1.807, 2.05) is 25.4 Å². The van der Waals surface area contributed by atoms with Crippen molar-refractivity contribution in [1.82, 2.24) is 29.3 Å². The highest BCUT2D eigenvalue weighted by Gasteiger charge is 2.29. The van der Waals surface area contributed by atoms with E-state index in [0.29, 0.717) is 55.2 Å². The number of hydrogen-bond donors (Lipinski definition) is 0. The van der Waals surface area contributed by atoms with Crippen LogP contribution in [0.25, 0.3) is 5.65 Å². The molecule has 1 aliphatic heterocycles. The molecule has 0 spiro atoms. The van der Waals surface area contributed by atoms with Crippen molar-refractivity contribution in [2.75, 3.05) is 38.3 Å². The maximum absolute atomic E-state index is 13.1. The molecule has 1 aliphatic carbocycles. The van der Waals surface area contributed by atoms with E-state index in [-0.39, 0.29) is 18.1 Å². The fourth-order valence-corrected chi connectivity index (χ4v) is 3.93. The first kappa shape index (κ1) is 19.7. The van der Waals surface area contributed by atoms with Gasteiger partial charge in [0, 0.05) is 45.8 Å². The highest BCUT2D eigenvalue weighted by molar-refractivity contribution is 6.07. The molecule has 2 fully saturated rings. The van der Waals surface area contributed by atoms with Crippen LogP contribution in [0.2, 0.25) is 0 Å². The summed E-state index contributed by atoms with van der Waals surface area (Å²) in [7, 11) is 3.69. The van der Waals surface area contributed by atoms with E-state index in [4.69, 9.17) is 4.74 Å². The van der Waals surface area contributed by atoms with E-state index >= 15 is 0 Å². The summed E-state index contributed by atoms with van der Waals surface area (Å²) < 4.78 is 8.52. The van der Waals surface area contributed by atoms with Crippen LogP contribution in [0.4, 0.5) is 5.95 Å². The fraction of sp³-hybridized carbons (Fsp3) is 0.476. The van der Waals surface area contributed by atoms with Gasteiger partial charge in [-0.3, -0.25) is 14.3 Å². The van der Waals surface area contributed by atoms with Gasteiger partial charge < -0.3 is 14.5 Å². The van der Waals surface area contributed by atoms with Crippen LogP contribution >= 0.6 is 0 Å². The Morgan fingerprint density at radius 2 is 2.03 bits per heavy atom. The van der Waals surface area contributed by atoms with Crippen molar-refractivity contribution in [3.8, 4) is 0 Å². The van der Waals surface area contributed by atoms with Gasteiger partial charge in [-0.25, -0.2) is 4.52 Å². The molecule has 4 heterocycles. The van der Waals surface area contributed by atoms with E-state index < -0.39 is 0 Å². The number of ketones is 1. The highest BCUT2D eigenvalue weighted by Crippen LogP contribution is 2.28. The molecule has 0 N–H and O–H groups in total. The number of rotatable bonds is 6. The summed E-state index contributed by atoms with van der Waals surface area (Å²) in [5, 5.41) is 8.69. The molecule has 3 aromatic rings. The van der Waals surface area contributed by atoms with E-state index in [1.54, 1.807) is 16.5 Å². The third-order valence-corrected chi connectivity index (χ3v) is 5.90. The van der Waals surface area contributed by atoms with Crippen molar-refractivity contribution < 1.29 is 14.3 Å². The Hall–Kier alpha value is -3.27. The van der Waals surface area contributed by atoms with Crippen molar-refractivity contribution >= 4 is 23.3 Å². The second-order valence-electron chi connectivity index (χ2n) is 8.13. The van der Waals surface area contributed by atoms with Crippen molar-refractivity contribution in [2.24, 2.45) is 7.05 Å². The molecule has 0 unspecified atom stereocenters. The third-order valence-electron chi connectivity index (χ3n) is 5.90. The Kier molecular flexibility index (Phi) is 4.93. The van der Waals surface area contributed by atoms with Gasteiger partial charge in [-0.1, -0.05) is 0 Å². The maximum Gasteiger partial charge on any atom is 0.257 e. The zero-order valence-corrected chi connectivity index (χ0v) is 17.7. The second kappa shape index (κ2) is 7.77. The van der Waals surface area contributed by atoms with Gasteiger partial charge >= 0.3 is 0 Å². The summed E-state index contributed by atoms with van der Waals surface area (Å²) in [5.74, 6) is 0.354. The summed E-state index contributed by atoms with van der Waals surface area (Å²) in [6.07, 6.45) is 5.79. The smallest absolute Gasteiger partial charge is 0.257 e. The summed E-state index contributed by atoms with van der Waals surface area (Å²) >= 11 is 0. The molecule has 162 valence electrons. The summed E-state index contributed by atoms with van der Waals surface area (Å²) in [6, 6.07) is 4.25. The average molecular weight is 423 g/mol. The van der Waals surface area contributed by atoms with Gasteiger partial charge in [0.1, 0.15) is 5.69 Å². The standard InChI is InChI=1S/C21H25N7O3/c1-25(15-3-4-15)21-23-18-12-14(5-6-28(18)24-21)11-17(29)19-16(13-22-26(19)2)20(30)27-7-9-31-10-8-27/h5-6,12-13,15H,3-4,7-11H2,1-2H3. The number of Topliss-reactive ketones (excluding diaryl/α,β-unsaturated/α-hetero) is 1. The van der Waals surface area contributed by atoms with Crippen LogP contribution in [0.5, 0.6) is 0 Å². The number of fused-ring (bicyclic) bond motifs is 1. The second-order valence-corrected chi connectivity index (χ2v) is 8.13. The molecule has 1 amide bonds. The van der Waals surface area contributed by atoms with Crippen LogP contribution in [0.1, 0.15) is 39.3 Å². The zero-order chi connectivity index (χ0) is 21.5. The van der Waals surface area contributed by atoms with E-state index in [9.17, 15) is 9.59 Å². The summed E-state index contributed by atoms with van der Waals surface area (Å²) in [5.41, 5.74) is 2.18. The normalized spacial score (nSPS) is 16.6. The first-order valence-corrected chi connectivity index (χ1v) is 10.5. The number of ether oxygens (including phenoxy) is 1. The van der Waals surface area contributed by atoms with Crippen LogP contribution in [0, 0.1) is 0 Å². The lowest BCUT2D eigenvalue weighted by Crippen LogP contribution is -2.41. The number of nitrogens with zero attached hydrogens (tertiary/aromatic N) is 7. The van der Waals surface area contributed by atoms with Crippen LogP contribution in [-0.2, 0) is 18.2 Å². The SMILES string of the molecule is CN(c1nc2cc(CC(=O)c3c(C(=O)N4CCOCC4)cnn3C)ccn2n1)C1CC1. The topological polar surface area (TPSA) is 97.9 Å². The Balaban J connectivity index is 1.37. The largest absolute Gasteiger partial charge is 0.378 e. The molecular formula is C21H25N7O3. The predicted molar refractivity (Wildman–Crippen MR) is 112 cm³/mol. The minimum atomic E-state index is -0.180. The molecule has 1 saturated carbocycles. The molecule has 10 heteroatoms. The first-order valence-electron chi connectivity index (χ1n) is 10.5. The number of carbonyl (C=O) groups excluding carboxylic acids is 2. The van der Waals surface area contributed by atoms with Gasteiger partial charge in [0.2, 0.25) is 5.95 Å². The quantitative estimate of drug-likeness (QED) is 0.545. The van der Waals surface area contributed by atoms with E-state index in [1.165, 1.54) is 23.7 Å². The number of carbonyl (C=O) groups is 2. The fourth-order valence-electron chi connectivity index (χ4n) is 3.93. The Labute approximate surface area is 179 Å². The first-order chi connectivity index (χ1) is 15.0. The lowest BCUT2D eigenvalue weighted by atomic mass is 10.0. The molecule has 3 aromatic heterocycles. The molecular weight excluding hydrogens is 398 g/mol. The van der Waals surface area contributed by atoms with Crippen LogP contribution < -0.4 is 4.90 Å². The molecule has 5 rings (SSSR count). The molecule has 1 saturated heterocycles. The molecule has 10 nitrogen and oxygen atoms in total. The van der Waals surface area contributed by atoms with Gasteiger partial charge in [-0.15, -0.1) is 5.10 Å². The molecule has 31 heavy (non-hydrogen) atoms. The lowest BCUT2D eigenvalue weighted by Gasteiger charge is -2.26. The molecule has 0 atom stereocenters. The number of hydrogen-bond acceptors (Lipinski definition) is 7. The number of pyridine rings is 1. The number of morpholine rings is 1. The Bertz CT molecular complexity index is 1140. The Morgan fingerprint density at radius 1 is 1.26 bits per heavy atom. The number of aryl methyl sites for hydroxylation is 1. The molecule has 2 aliphatic rings. The predicted octanol–water partition coefficient (Wildman–Crippen LogP) is 0.959. The van der Waals surface area contributed by atoms with E-state index in [2.05, 4.69) is 20.1 Å². The van der Waals surface area contributed by atoms with Gasteiger partial charge in [-0.2, -0.15) is 10.1 Å². The van der Waals surface area contributed by atoms with Gasteiger partial charge in [0.15, 0.2) is 11.4 Å². The summed E-state index contributed by atoms with van der Waals surface area (Å²) in [4.78, 5) is 34.5. The zero-order valence-electron chi connectivity index (χ0n) is 17.7. The number of amides is 1. The van der Waals surface area contributed by atoms with Crippen LogP contribution in [-0.4, -0.2) is 80.4 Å². The van der Waals surface area contributed by atoms with Crippen molar-refractivity contribution in [3.05, 3.63) is 41.3 Å². The van der Waals surface area contributed by atoms with Crippen molar-refractivity contribution in [2.45, 2.75) is 25.3 Å². The Morgan fingerprint density at radius 3 is 2.77 bits per heavy atom. The van der Waals surface area contributed by atoms with Gasteiger partial charge in [0.25, 0.3) is 5.91 Å². The number of anilines is 1.